The van der Waals surface area contributed by atoms with E-state index in [0.717, 1.165) is 5.57 Å². The normalized spacial score (nSPS) is 17.8. The highest BCUT2D eigenvalue weighted by molar-refractivity contribution is 7.51. The van der Waals surface area contributed by atoms with Crippen molar-refractivity contribution in [3.63, 3.8) is 0 Å². The molecule has 17 heavy (non-hydrogen) atoms. The van der Waals surface area contributed by atoms with Gasteiger partial charge in [-0.1, -0.05) is 5.57 Å². The lowest BCUT2D eigenvalue weighted by Crippen LogP contribution is -2.43. The molecule has 0 heterocycles. The number of aldehydes is 1. The Hall–Kier alpha value is -0.620. The van der Waals surface area contributed by atoms with Gasteiger partial charge in [0.25, 0.3) is 5.48 Å². The average molecular weight is 264 g/mol. The topological polar surface area (TPSA) is 121 Å². The number of hydrogen-bond donors (Lipinski definition) is 4. The van der Waals surface area contributed by atoms with Crippen LogP contribution in [0.25, 0.3) is 0 Å². The van der Waals surface area contributed by atoms with Crippen LogP contribution in [0.5, 0.6) is 0 Å². The third-order valence-corrected chi connectivity index (χ3v) is 3.29. The summed E-state index contributed by atoms with van der Waals surface area (Å²) in [4.78, 5) is 21.6. The molecule has 4 N–H and O–H groups in total. The first kappa shape index (κ1) is 16.4. The van der Waals surface area contributed by atoms with Gasteiger partial charge in [-0.15, -0.1) is 0 Å². The first-order chi connectivity index (χ1) is 7.81. The SMILES string of the molecule is CC(C)=CC/[P+]([O-])=C(\O)C(O)C(O)C(O)C=O. The Morgan fingerprint density at radius 3 is 2.29 bits per heavy atom. The highest BCUT2D eigenvalue weighted by atomic mass is 31.1. The molecule has 7 heteroatoms. The third kappa shape index (κ3) is 5.50. The molecule has 6 nitrogen and oxygen atoms in total. The Balaban J connectivity index is 4.76. The van der Waals surface area contributed by atoms with Crippen molar-refractivity contribution in [1.82, 2.24) is 0 Å². The second kappa shape index (κ2) is 7.66. The number of hydrogen-bond acceptors (Lipinski definition) is 5. The summed E-state index contributed by atoms with van der Waals surface area (Å²) in [5.74, 6) is 0. The molecule has 0 rings (SSSR count). The Kier molecular flexibility index (Phi) is 7.38. The third-order valence-electron chi connectivity index (χ3n) is 2.00. The van der Waals surface area contributed by atoms with Crippen molar-refractivity contribution >= 4 is 19.5 Å². The van der Waals surface area contributed by atoms with Crippen molar-refractivity contribution in [1.29, 1.82) is 0 Å². The van der Waals surface area contributed by atoms with Crippen LogP contribution in [0.15, 0.2) is 11.6 Å². The van der Waals surface area contributed by atoms with E-state index in [4.69, 9.17) is 5.11 Å². The first-order valence-corrected chi connectivity index (χ1v) is 6.39. The van der Waals surface area contributed by atoms with E-state index < -0.39 is 31.6 Å². The molecule has 0 aliphatic heterocycles. The highest BCUT2D eigenvalue weighted by Gasteiger charge is 2.31. The standard InChI is InChI=1S/C10H17O6P/c1-6(2)3-4-17(16)10(15)9(14)8(13)7(12)5-11/h3,5,7-9,12-15H,4H2,1-2H3. The average Bonchev–Trinajstić information content (AvgIpc) is 2.31. The maximum absolute atomic E-state index is 11.5. The molecular weight excluding hydrogens is 247 g/mol. The van der Waals surface area contributed by atoms with E-state index in [9.17, 15) is 25.0 Å². The van der Waals surface area contributed by atoms with Crippen LogP contribution in [0, 0.1) is 0 Å². The molecule has 4 atom stereocenters. The van der Waals surface area contributed by atoms with Crippen LogP contribution in [-0.4, -0.2) is 56.7 Å². The second-order valence-corrected chi connectivity index (χ2v) is 5.34. The summed E-state index contributed by atoms with van der Waals surface area (Å²) in [5.41, 5.74) is 0.0648. The van der Waals surface area contributed by atoms with Crippen molar-refractivity contribution < 1.29 is 30.1 Å². The van der Waals surface area contributed by atoms with Gasteiger partial charge in [0.2, 0.25) is 0 Å². The predicted octanol–water partition coefficient (Wildman–Crippen LogP) is -1.51. The molecule has 0 radical (unpaired) electrons. The summed E-state index contributed by atoms with van der Waals surface area (Å²) in [6, 6.07) is 0. The molecule has 98 valence electrons. The predicted molar refractivity (Wildman–Crippen MR) is 62.2 cm³/mol. The minimum absolute atomic E-state index is 0.0182. The number of aliphatic hydroxyl groups excluding tert-OH is 4. The number of allylic oxidation sites excluding steroid dienone is 2. The number of rotatable bonds is 6. The van der Waals surface area contributed by atoms with Gasteiger partial charge in [0, 0.05) is 0 Å². The molecule has 0 aromatic carbocycles. The summed E-state index contributed by atoms with van der Waals surface area (Å²) in [7, 11) is -2.27. The number of aliphatic hydroxyl groups is 4. The van der Waals surface area contributed by atoms with E-state index in [1.807, 2.05) is 0 Å². The van der Waals surface area contributed by atoms with E-state index in [2.05, 4.69) is 0 Å². The Morgan fingerprint density at radius 2 is 1.88 bits per heavy atom. The molecule has 0 bridgehead atoms. The Labute approximate surface area is 100 Å². The second-order valence-electron chi connectivity index (χ2n) is 3.76. The van der Waals surface area contributed by atoms with Crippen LogP contribution in [0.1, 0.15) is 13.8 Å². The van der Waals surface area contributed by atoms with Crippen molar-refractivity contribution in [3.05, 3.63) is 11.6 Å². The molecule has 0 spiro atoms. The maximum atomic E-state index is 11.5. The van der Waals surface area contributed by atoms with Crippen LogP contribution in [0.3, 0.4) is 0 Å². The molecule has 0 aliphatic carbocycles. The van der Waals surface area contributed by atoms with Crippen LogP contribution in [0.2, 0.25) is 0 Å². The molecule has 0 aliphatic rings. The van der Waals surface area contributed by atoms with Gasteiger partial charge < -0.3 is 30.1 Å². The smallest absolute Gasteiger partial charge is 0.250 e. The zero-order valence-electron chi connectivity index (χ0n) is 9.65. The number of carbonyl (C=O) groups excluding carboxylic acids is 1. The van der Waals surface area contributed by atoms with E-state index >= 15 is 0 Å². The molecule has 0 fully saturated rings. The summed E-state index contributed by atoms with van der Waals surface area (Å²) < 4.78 is 0. The van der Waals surface area contributed by atoms with Crippen LogP contribution in [-0.2, 0) is 4.79 Å². The van der Waals surface area contributed by atoms with E-state index in [-0.39, 0.29) is 12.4 Å². The quantitative estimate of drug-likeness (QED) is 0.263. The lowest BCUT2D eigenvalue weighted by Gasteiger charge is -2.17. The number of carbonyl (C=O) groups is 1. The fourth-order valence-electron chi connectivity index (χ4n) is 0.927. The van der Waals surface area contributed by atoms with Gasteiger partial charge in [0.05, 0.1) is 7.77 Å². The summed E-state index contributed by atoms with van der Waals surface area (Å²) >= 11 is 0. The minimum atomic E-state index is -2.27. The lowest BCUT2D eigenvalue weighted by molar-refractivity contribution is -0.153. The van der Waals surface area contributed by atoms with Crippen molar-refractivity contribution in [2.75, 3.05) is 6.16 Å². The zero-order valence-corrected chi connectivity index (χ0v) is 10.5. The summed E-state index contributed by atoms with van der Waals surface area (Å²) in [5, 5.41) is 36.9. The minimum Gasteiger partial charge on any atom is -0.628 e. The molecule has 0 saturated heterocycles. The summed E-state index contributed by atoms with van der Waals surface area (Å²) in [6.45, 7) is 3.56. The van der Waals surface area contributed by atoms with E-state index in [1.54, 1.807) is 19.9 Å². The van der Waals surface area contributed by atoms with Crippen LogP contribution in [0.4, 0.5) is 0 Å². The Morgan fingerprint density at radius 1 is 1.35 bits per heavy atom. The molecule has 0 aromatic heterocycles. The molecule has 4 unspecified atom stereocenters. The van der Waals surface area contributed by atoms with Crippen LogP contribution >= 0.6 is 7.77 Å². The van der Waals surface area contributed by atoms with Crippen molar-refractivity contribution in [3.8, 4) is 0 Å². The molecule has 0 aromatic rings. The molecule has 0 amide bonds. The van der Waals surface area contributed by atoms with Crippen LogP contribution < -0.4 is 4.89 Å². The van der Waals surface area contributed by atoms with Gasteiger partial charge in [0.15, 0.2) is 12.4 Å². The fourth-order valence-corrected chi connectivity index (χ4v) is 2.09. The van der Waals surface area contributed by atoms with Gasteiger partial charge in [-0.3, -0.25) is 0 Å². The van der Waals surface area contributed by atoms with Gasteiger partial charge in [-0.2, -0.15) is 0 Å². The summed E-state index contributed by atoms with van der Waals surface area (Å²) in [6.07, 6.45) is -4.00. The Bertz CT molecular complexity index is 321. The fraction of sp³-hybridized carbons (Fsp3) is 0.600. The monoisotopic (exact) mass is 264 g/mol. The van der Waals surface area contributed by atoms with Gasteiger partial charge in [-0.05, 0) is 19.9 Å². The van der Waals surface area contributed by atoms with Crippen molar-refractivity contribution in [2.45, 2.75) is 32.2 Å². The van der Waals surface area contributed by atoms with Gasteiger partial charge >= 0.3 is 0 Å². The maximum Gasteiger partial charge on any atom is 0.250 e. The zero-order chi connectivity index (χ0) is 13.6. The lowest BCUT2D eigenvalue weighted by atomic mass is 10.1. The highest BCUT2D eigenvalue weighted by Crippen LogP contribution is 2.17. The molecule has 0 saturated carbocycles. The van der Waals surface area contributed by atoms with E-state index in [1.165, 1.54) is 0 Å². The van der Waals surface area contributed by atoms with Crippen molar-refractivity contribution in [2.24, 2.45) is 0 Å². The van der Waals surface area contributed by atoms with E-state index in [0.29, 0.717) is 0 Å². The molecular formula is C10H17O6P. The first-order valence-electron chi connectivity index (χ1n) is 4.94. The largest absolute Gasteiger partial charge is 0.628 e. The van der Waals surface area contributed by atoms with Gasteiger partial charge in [-0.25, -0.2) is 0 Å². The van der Waals surface area contributed by atoms with Gasteiger partial charge in [0.1, 0.15) is 18.4 Å².